The van der Waals surface area contributed by atoms with E-state index in [1.165, 1.54) is 28.7 Å². The number of thiophene rings is 1. The molecule has 25 heavy (non-hydrogen) atoms. The first-order valence-electron chi connectivity index (χ1n) is 8.04. The monoisotopic (exact) mass is 372 g/mol. The highest BCUT2D eigenvalue weighted by atomic mass is 32.1. The molecule has 1 amide bonds. The molecule has 0 bridgehead atoms. The van der Waals surface area contributed by atoms with Crippen molar-refractivity contribution in [3.05, 3.63) is 56.2 Å². The molecule has 128 valence electrons. The van der Waals surface area contributed by atoms with Gasteiger partial charge in [0.1, 0.15) is 16.5 Å². The number of nitrogens with zero attached hydrogens (tertiary/aromatic N) is 3. The Bertz CT molecular complexity index is 911. The first kappa shape index (κ1) is 16.2. The zero-order chi connectivity index (χ0) is 17.2. The second-order valence-corrected chi connectivity index (χ2v) is 7.74. The van der Waals surface area contributed by atoms with Crippen LogP contribution in [-0.2, 0) is 0 Å². The average molecular weight is 372 g/mol. The van der Waals surface area contributed by atoms with Gasteiger partial charge in [0.25, 0.3) is 11.5 Å². The van der Waals surface area contributed by atoms with Gasteiger partial charge < -0.3 is 9.88 Å². The van der Waals surface area contributed by atoms with Gasteiger partial charge in [0, 0.05) is 36.7 Å². The van der Waals surface area contributed by atoms with E-state index >= 15 is 0 Å². The van der Waals surface area contributed by atoms with Crippen molar-refractivity contribution in [1.82, 2.24) is 19.9 Å². The van der Waals surface area contributed by atoms with Crippen molar-refractivity contribution < 1.29 is 4.79 Å². The molecule has 1 fully saturated rings. The summed E-state index contributed by atoms with van der Waals surface area (Å²) in [6, 6.07) is 5.23. The van der Waals surface area contributed by atoms with Gasteiger partial charge >= 0.3 is 0 Å². The number of aromatic nitrogens is 3. The van der Waals surface area contributed by atoms with E-state index in [0.717, 1.165) is 22.7 Å². The minimum Gasteiger partial charge on any atom is -0.338 e. The fourth-order valence-electron chi connectivity index (χ4n) is 3.04. The number of aromatic amines is 1. The van der Waals surface area contributed by atoms with Gasteiger partial charge in [-0.1, -0.05) is 6.07 Å². The van der Waals surface area contributed by atoms with Crippen molar-refractivity contribution in [2.24, 2.45) is 0 Å². The molecule has 0 aliphatic carbocycles. The van der Waals surface area contributed by atoms with Crippen molar-refractivity contribution in [2.45, 2.75) is 18.8 Å². The molecule has 4 rings (SSSR count). The van der Waals surface area contributed by atoms with Crippen LogP contribution in [-0.4, -0.2) is 38.8 Å². The molecule has 1 saturated heterocycles. The van der Waals surface area contributed by atoms with E-state index in [1.807, 2.05) is 27.8 Å². The summed E-state index contributed by atoms with van der Waals surface area (Å²) < 4.78 is 0. The lowest BCUT2D eigenvalue weighted by Crippen LogP contribution is -2.38. The number of hydrogen-bond donors (Lipinski definition) is 1. The molecule has 0 unspecified atom stereocenters. The SMILES string of the molecule is O=C(c1cccs1)N1CCC(c2nc(-c3nccs3)cc(=O)[nH]2)CC1. The standard InChI is InChI=1S/C17H16N4O2S2/c22-14-10-12(16-18-5-9-25-16)19-15(20-14)11-3-6-21(7-4-11)17(23)13-2-1-8-24-13/h1-2,5,8-11H,3-4,6-7H2,(H,19,20,22). The van der Waals surface area contributed by atoms with Crippen LogP contribution in [0.1, 0.15) is 34.3 Å². The molecule has 0 radical (unpaired) electrons. The quantitative estimate of drug-likeness (QED) is 0.767. The number of likely N-dealkylation sites (tertiary alicyclic amines) is 1. The first-order chi connectivity index (χ1) is 12.2. The second-order valence-electron chi connectivity index (χ2n) is 5.90. The Balaban J connectivity index is 1.49. The van der Waals surface area contributed by atoms with Crippen LogP contribution < -0.4 is 5.56 Å². The average Bonchev–Trinajstić information content (AvgIpc) is 3.34. The topological polar surface area (TPSA) is 79.0 Å². The summed E-state index contributed by atoms with van der Waals surface area (Å²) >= 11 is 2.93. The third-order valence-electron chi connectivity index (χ3n) is 4.31. The summed E-state index contributed by atoms with van der Waals surface area (Å²) in [6.07, 6.45) is 3.29. The molecule has 0 spiro atoms. The van der Waals surface area contributed by atoms with Gasteiger partial charge in [0.05, 0.1) is 4.88 Å². The molecule has 1 aliphatic heterocycles. The van der Waals surface area contributed by atoms with Crippen LogP contribution in [0.4, 0.5) is 0 Å². The molecular formula is C17H16N4O2S2. The highest BCUT2D eigenvalue weighted by Crippen LogP contribution is 2.28. The zero-order valence-electron chi connectivity index (χ0n) is 13.3. The van der Waals surface area contributed by atoms with E-state index in [9.17, 15) is 9.59 Å². The minimum absolute atomic E-state index is 0.0893. The normalized spacial score (nSPS) is 15.4. The van der Waals surface area contributed by atoms with E-state index in [1.54, 1.807) is 6.20 Å². The zero-order valence-corrected chi connectivity index (χ0v) is 15.0. The fourth-order valence-corrected chi connectivity index (χ4v) is 4.33. The Hall–Kier alpha value is -2.32. The van der Waals surface area contributed by atoms with E-state index in [4.69, 9.17) is 0 Å². The van der Waals surface area contributed by atoms with E-state index < -0.39 is 0 Å². The van der Waals surface area contributed by atoms with Crippen LogP contribution in [0, 0.1) is 0 Å². The maximum Gasteiger partial charge on any atom is 0.263 e. The molecule has 1 aliphatic rings. The molecule has 0 saturated carbocycles. The summed E-state index contributed by atoms with van der Waals surface area (Å²) in [7, 11) is 0. The summed E-state index contributed by atoms with van der Waals surface area (Å²) in [5, 5.41) is 4.53. The molecule has 3 aromatic heterocycles. The molecule has 8 heteroatoms. The highest BCUT2D eigenvalue weighted by molar-refractivity contribution is 7.13. The first-order valence-corrected chi connectivity index (χ1v) is 9.80. The number of H-pyrrole nitrogens is 1. The summed E-state index contributed by atoms with van der Waals surface area (Å²) in [6.45, 7) is 1.35. The number of rotatable bonds is 3. The molecule has 4 heterocycles. The van der Waals surface area contributed by atoms with Crippen LogP contribution in [0.15, 0.2) is 40.0 Å². The van der Waals surface area contributed by atoms with Gasteiger partial charge in [0.15, 0.2) is 0 Å². The van der Waals surface area contributed by atoms with Crippen LogP contribution in [0.5, 0.6) is 0 Å². The lowest BCUT2D eigenvalue weighted by molar-refractivity contribution is 0.0716. The van der Waals surface area contributed by atoms with Gasteiger partial charge in [-0.2, -0.15) is 0 Å². The Morgan fingerprint density at radius 1 is 1.24 bits per heavy atom. The molecule has 0 aromatic carbocycles. The van der Waals surface area contributed by atoms with E-state index in [-0.39, 0.29) is 17.4 Å². The lowest BCUT2D eigenvalue weighted by Gasteiger charge is -2.31. The Morgan fingerprint density at radius 3 is 2.76 bits per heavy atom. The van der Waals surface area contributed by atoms with Crippen molar-refractivity contribution >= 4 is 28.6 Å². The third-order valence-corrected chi connectivity index (χ3v) is 5.97. The molecule has 1 N–H and O–H groups in total. The predicted molar refractivity (Wildman–Crippen MR) is 98.2 cm³/mol. The van der Waals surface area contributed by atoms with Gasteiger partial charge in [-0.05, 0) is 24.3 Å². The van der Waals surface area contributed by atoms with Crippen molar-refractivity contribution in [2.75, 3.05) is 13.1 Å². The Labute approximate surface area is 152 Å². The molecule has 0 atom stereocenters. The fraction of sp³-hybridized carbons (Fsp3) is 0.294. The number of hydrogen-bond acceptors (Lipinski definition) is 6. The molecule has 3 aromatic rings. The predicted octanol–water partition coefficient (Wildman–Crippen LogP) is 2.97. The Morgan fingerprint density at radius 2 is 2.08 bits per heavy atom. The summed E-state index contributed by atoms with van der Waals surface area (Å²) in [5.74, 6) is 0.937. The molecular weight excluding hydrogens is 356 g/mol. The van der Waals surface area contributed by atoms with Crippen molar-refractivity contribution in [1.29, 1.82) is 0 Å². The van der Waals surface area contributed by atoms with Crippen LogP contribution in [0.25, 0.3) is 10.7 Å². The van der Waals surface area contributed by atoms with Crippen molar-refractivity contribution in [3.8, 4) is 10.7 Å². The number of nitrogens with one attached hydrogen (secondary N) is 1. The maximum absolute atomic E-state index is 12.4. The molecule has 6 nitrogen and oxygen atoms in total. The van der Waals surface area contributed by atoms with Crippen LogP contribution >= 0.6 is 22.7 Å². The van der Waals surface area contributed by atoms with E-state index in [2.05, 4.69) is 15.0 Å². The number of amides is 1. The van der Waals surface area contributed by atoms with Crippen molar-refractivity contribution in [3.63, 3.8) is 0 Å². The van der Waals surface area contributed by atoms with Gasteiger partial charge in [-0.15, -0.1) is 22.7 Å². The van der Waals surface area contributed by atoms with Crippen LogP contribution in [0.3, 0.4) is 0 Å². The smallest absolute Gasteiger partial charge is 0.263 e. The second kappa shape index (κ2) is 6.89. The third kappa shape index (κ3) is 3.40. The lowest BCUT2D eigenvalue weighted by atomic mass is 9.95. The van der Waals surface area contributed by atoms with Gasteiger partial charge in [0.2, 0.25) is 0 Å². The largest absolute Gasteiger partial charge is 0.338 e. The minimum atomic E-state index is -0.160. The summed E-state index contributed by atoms with van der Waals surface area (Å²) in [5.41, 5.74) is 0.457. The number of piperidine rings is 1. The number of thiazole rings is 1. The van der Waals surface area contributed by atoms with Gasteiger partial charge in [-0.25, -0.2) is 9.97 Å². The Kier molecular flexibility index (Phi) is 4.46. The van der Waals surface area contributed by atoms with Crippen LogP contribution in [0.2, 0.25) is 0 Å². The highest BCUT2D eigenvalue weighted by Gasteiger charge is 2.26. The summed E-state index contributed by atoms with van der Waals surface area (Å²) in [4.78, 5) is 38.8. The van der Waals surface area contributed by atoms with Gasteiger partial charge in [-0.3, -0.25) is 9.59 Å². The maximum atomic E-state index is 12.4. The number of carbonyl (C=O) groups excluding carboxylic acids is 1. The number of carbonyl (C=O) groups is 1. The van der Waals surface area contributed by atoms with E-state index in [0.29, 0.717) is 24.6 Å².